The molecular weight excluding hydrogens is 270 g/mol. The van der Waals surface area contributed by atoms with Crippen LogP contribution in [0.4, 0.5) is 8.78 Å². The molecule has 2 aromatic rings. The molecule has 0 radical (unpaired) electrons. The number of ether oxygens (including phenoxy) is 2. The second kappa shape index (κ2) is 7.18. The fraction of sp³-hybridized carbons (Fsp3) is 0.143. The Bertz CT molecular complexity index is 500. The zero-order chi connectivity index (χ0) is 15.1. The highest BCUT2D eigenvalue weighted by Crippen LogP contribution is 2.21. The molecule has 2 rings (SSSR count). The minimum absolute atomic E-state index is 0.271. The van der Waals surface area contributed by atoms with Crippen LogP contribution in [-0.4, -0.2) is 24.4 Å². The zero-order valence-corrected chi connectivity index (χ0v) is 10.9. The van der Waals surface area contributed by atoms with Crippen LogP contribution in [0.5, 0.6) is 23.0 Å². The summed E-state index contributed by atoms with van der Waals surface area (Å²) in [4.78, 5) is 0. The van der Waals surface area contributed by atoms with Crippen molar-refractivity contribution in [3.8, 4) is 23.0 Å². The van der Waals surface area contributed by atoms with Gasteiger partial charge in [0.1, 0.15) is 34.6 Å². The van der Waals surface area contributed by atoms with Crippen LogP contribution in [0.1, 0.15) is 0 Å². The average Bonchev–Trinajstić information content (AvgIpc) is 2.37. The maximum Gasteiger partial charge on any atom is 0.130 e. The van der Waals surface area contributed by atoms with E-state index < -0.39 is 5.82 Å². The van der Waals surface area contributed by atoms with Gasteiger partial charge in [0.15, 0.2) is 0 Å². The molecular formula is C14H14F2O4. The van der Waals surface area contributed by atoms with E-state index in [0.29, 0.717) is 11.5 Å². The van der Waals surface area contributed by atoms with Crippen LogP contribution in [0, 0.1) is 11.6 Å². The van der Waals surface area contributed by atoms with Crippen LogP contribution in [0.3, 0.4) is 0 Å². The van der Waals surface area contributed by atoms with Crippen LogP contribution in [0.25, 0.3) is 0 Å². The van der Waals surface area contributed by atoms with Gasteiger partial charge in [-0.15, -0.1) is 0 Å². The van der Waals surface area contributed by atoms with Gasteiger partial charge in [0, 0.05) is 36.4 Å². The number of rotatable bonds is 2. The first-order valence-corrected chi connectivity index (χ1v) is 5.51. The number of hydrogen-bond acceptors (Lipinski definition) is 4. The Labute approximate surface area is 114 Å². The summed E-state index contributed by atoms with van der Waals surface area (Å²) in [7, 11) is 2.96. The topological polar surface area (TPSA) is 58.9 Å². The molecule has 20 heavy (non-hydrogen) atoms. The Morgan fingerprint density at radius 2 is 1.10 bits per heavy atom. The van der Waals surface area contributed by atoms with Gasteiger partial charge >= 0.3 is 0 Å². The summed E-state index contributed by atoms with van der Waals surface area (Å²) in [6.07, 6.45) is 0. The third-order valence-corrected chi connectivity index (χ3v) is 2.18. The van der Waals surface area contributed by atoms with Crippen molar-refractivity contribution < 1.29 is 28.5 Å². The molecule has 0 spiro atoms. The summed E-state index contributed by atoms with van der Waals surface area (Å²) in [6.45, 7) is 0. The summed E-state index contributed by atoms with van der Waals surface area (Å²) in [5, 5.41) is 17.2. The first kappa shape index (κ1) is 15.6. The largest absolute Gasteiger partial charge is 0.508 e. The second-order valence-corrected chi connectivity index (χ2v) is 3.70. The first-order valence-electron chi connectivity index (χ1n) is 5.51. The summed E-state index contributed by atoms with van der Waals surface area (Å²) >= 11 is 0. The van der Waals surface area contributed by atoms with E-state index in [4.69, 9.17) is 19.7 Å². The van der Waals surface area contributed by atoms with Gasteiger partial charge in [-0.2, -0.15) is 0 Å². The molecule has 0 bridgehead atoms. The lowest BCUT2D eigenvalue weighted by molar-refractivity contribution is 0.388. The average molecular weight is 284 g/mol. The molecule has 2 aromatic carbocycles. The lowest BCUT2D eigenvalue weighted by Gasteiger charge is -2.02. The summed E-state index contributed by atoms with van der Waals surface area (Å²) in [5.74, 6) is -0.627. The number of methoxy groups -OCH3 is 2. The van der Waals surface area contributed by atoms with Crippen molar-refractivity contribution in [3.63, 3.8) is 0 Å². The Balaban J connectivity index is 0.000000204. The molecule has 0 unspecified atom stereocenters. The third-order valence-electron chi connectivity index (χ3n) is 2.18. The van der Waals surface area contributed by atoms with Crippen molar-refractivity contribution in [3.05, 3.63) is 48.0 Å². The summed E-state index contributed by atoms with van der Waals surface area (Å²) in [6, 6.07) is 7.09. The minimum atomic E-state index is -0.646. The van der Waals surface area contributed by atoms with Crippen molar-refractivity contribution in [1.29, 1.82) is 0 Å². The van der Waals surface area contributed by atoms with Crippen LogP contribution in [0.2, 0.25) is 0 Å². The van der Waals surface area contributed by atoms with Crippen molar-refractivity contribution in [2.24, 2.45) is 0 Å². The Kier molecular flexibility index (Phi) is 5.58. The van der Waals surface area contributed by atoms with E-state index in [1.54, 1.807) is 6.07 Å². The summed E-state index contributed by atoms with van der Waals surface area (Å²) in [5.41, 5.74) is 0. The molecule has 0 aliphatic rings. The minimum Gasteiger partial charge on any atom is -0.508 e. The number of benzene rings is 2. The molecule has 4 nitrogen and oxygen atoms in total. The number of aromatic hydroxyl groups is 2. The van der Waals surface area contributed by atoms with Gasteiger partial charge in [0.25, 0.3) is 0 Å². The van der Waals surface area contributed by atoms with Crippen LogP contribution >= 0.6 is 0 Å². The SMILES string of the molecule is COc1cc(F)cc(OC)c1.Oc1cc(O)cc(F)c1. The van der Waals surface area contributed by atoms with Crippen molar-refractivity contribution in [1.82, 2.24) is 0 Å². The van der Waals surface area contributed by atoms with E-state index in [9.17, 15) is 8.78 Å². The quantitative estimate of drug-likeness (QED) is 0.889. The van der Waals surface area contributed by atoms with E-state index in [1.807, 2.05) is 0 Å². The van der Waals surface area contributed by atoms with Gasteiger partial charge < -0.3 is 19.7 Å². The molecule has 0 amide bonds. The van der Waals surface area contributed by atoms with Gasteiger partial charge in [-0.1, -0.05) is 0 Å². The molecule has 108 valence electrons. The van der Waals surface area contributed by atoms with Crippen molar-refractivity contribution in [2.75, 3.05) is 14.2 Å². The lowest BCUT2D eigenvalue weighted by Crippen LogP contribution is -1.88. The fourth-order valence-corrected chi connectivity index (χ4v) is 1.33. The predicted octanol–water partition coefficient (Wildman–Crippen LogP) is 3.08. The molecule has 0 saturated carbocycles. The standard InChI is InChI=1S/C8H9FO2.C6H5FO2/c1-10-7-3-6(9)4-8(5-7)11-2;7-4-1-5(8)3-6(9)2-4/h3-5H,1-2H3;1-3,8-9H. The molecule has 0 aromatic heterocycles. The highest BCUT2D eigenvalue weighted by Gasteiger charge is 1.99. The molecule has 0 aliphatic heterocycles. The highest BCUT2D eigenvalue weighted by atomic mass is 19.1. The Morgan fingerprint density at radius 3 is 1.45 bits per heavy atom. The second-order valence-electron chi connectivity index (χ2n) is 3.70. The normalized spacial score (nSPS) is 9.40. The van der Waals surface area contributed by atoms with Crippen LogP contribution in [-0.2, 0) is 0 Å². The first-order chi connectivity index (χ1) is 9.44. The highest BCUT2D eigenvalue weighted by molar-refractivity contribution is 5.33. The van der Waals surface area contributed by atoms with Crippen LogP contribution in [0.15, 0.2) is 36.4 Å². The molecule has 2 N–H and O–H groups in total. The molecule has 0 fully saturated rings. The van der Waals surface area contributed by atoms with Crippen molar-refractivity contribution in [2.45, 2.75) is 0 Å². The van der Waals surface area contributed by atoms with Gasteiger partial charge in [-0.05, 0) is 0 Å². The number of phenolic OH excluding ortho intramolecular Hbond substituents is 2. The van der Waals surface area contributed by atoms with E-state index in [0.717, 1.165) is 18.2 Å². The Morgan fingerprint density at radius 1 is 0.700 bits per heavy atom. The fourth-order valence-electron chi connectivity index (χ4n) is 1.33. The van der Waals surface area contributed by atoms with E-state index in [1.165, 1.54) is 26.4 Å². The van der Waals surface area contributed by atoms with Crippen molar-refractivity contribution >= 4 is 0 Å². The molecule has 0 saturated heterocycles. The van der Waals surface area contributed by atoms with Crippen LogP contribution < -0.4 is 9.47 Å². The van der Waals surface area contributed by atoms with E-state index in [2.05, 4.69) is 0 Å². The zero-order valence-electron chi connectivity index (χ0n) is 10.9. The number of phenols is 2. The number of hydrogen-bond donors (Lipinski definition) is 2. The third kappa shape index (κ3) is 5.01. The Hall–Kier alpha value is -2.50. The summed E-state index contributed by atoms with van der Waals surface area (Å²) < 4.78 is 34.4. The molecule has 0 heterocycles. The molecule has 0 atom stereocenters. The predicted molar refractivity (Wildman–Crippen MR) is 69.2 cm³/mol. The van der Waals surface area contributed by atoms with E-state index in [-0.39, 0.29) is 17.3 Å². The maximum absolute atomic E-state index is 12.6. The maximum atomic E-state index is 12.6. The molecule has 0 aliphatic carbocycles. The van der Waals surface area contributed by atoms with Gasteiger partial charge in [-0.3, -0.25) is 0 Å². The van der Waals surface area contributed by atoms with Gasteiger partial charge in [-0.25, -0.2) is 8.78 Å². The van der Waals surface area contributed by atoms with Gasteiger partial charge in [0.05, 0.1) is 14.2 Å². The van der Waals surface area contributed by atoms with Gasteiger partial charge in [0.2, 0.25) is 0 Å². The monoisotopic (exact) mass is 284 g/mol. The van der Waals surface area contributed by atoms with E-state index >= 15 is 0 Å². The smallest absolute Gasteiger partial charge is 0.130 e. The number of halogens is 2. The lowest BCUT2D eigenvalue weighted by atomic mass is 10.3. The molecule has 6 heteroatoms.